The Labute approximate surface area is 111 Å². The molecule has 0 unspecified atom stereocenters. The number of benzene rings is 1. The minimum absolute atomic E-state index is 0.210. The van der Waals surface area contributed by atoms with Gasteiger partial charge in [0.15, 0.2) is 11.5 Å². The number of fused-ring (bicyclic) bond motifs is 1. The van der Waals surface area contributed by atoms with Crippen molar-refractivity contribution in [3.63, 3.8) is 0 Å². The number of hydrogen-bond acceptors (Lipinski definition) is 4. The summed E-state index contributed by atoms with van der Waals surface area (Å²) in [6.07, 6.45) is 1.25. The second-order valence-electron chi connectivity index (χ2n) is 5.26. The van der Waals surface area contributed by atoms with Crippen LogP contribution < -0.4 is 9.47 Å². The number of nitrogens with zero attached hydrogens (tertiary/aromatic N) is 1. The highest BCUT2D eigenvalue weighted by molar-refractivity contribution is 5.82. The lowest BCUT2D eigenvalue weighted by Crippen LogP contribution is -2.46. The fourth-order valence-electron chi connectivity index (χ4n) is 2.82. The maximum atomic E-state index is 11.8. The Morgan fingerprint density at radius 2 is 1.95 bits per heavy atom. The van der Waals surface area contributed by atoms with Gasteiger partial charge in [0.2, 0.25) is 6.79 Å². The molecule has 1 fully saturated rings. The summed E-state index contributed by atoms with van der Waals surface area (Å²) in [4.78, 5) is 14.0. The van der Waals surface area contributed by atoms with Crippen LogP contribution in [0.2, 0.25) is 0 Å². The van der Waals surface area contributed by atoms with Gasteiger partial charge >= 0.3 is 5.97 Å². The van der Waals surface area contributed by atoms with Gasteiger partial charge in [-0.25, -0.2) is 0 Å². The lowest BCUT2D eigenvalue weighted by Gasteiger charge is -2.37. The molecule has 0 radical (unpaired) electrons. The summed E-state index contributed by atoms with van der Waals surface area (Å²) in [5.74, 6) is 0.591. The van der Waals surface area contributed by atoms with Gasteiger partial charge in [0.25, 0.3) is 0 Å². The molecule has 5 nitrogen and oxygen atoms in total. The van der Waals surface area contributed by atoms with Crippen LogP contribution in [0, 0.1) is 0 Å². The van der Waals surface area contributed by atoms with Gasteiger partial charge in [0.05, 0.1) is 5.41 Å². The van der Waals surface area contributed by atoms with Gasteiger partial charge < -0.3 is 19.5 Å². The van der Waals surface area contributed by atoms with Crippen molar-refractivity contribution in [3.8, 4) is 11.5 Å². The summed E-state index contributed by atoms with van der Waals surface area (Å²) in [7, 11) is 2.02. The maximum Gasteiger partial charge on any atom is 0.314 e. The standard InChI is InChI=1S/C14H17NO4/c1-15-6-4-14(5-7-15,13(16)17)10-2-3-11-12(8-10)19-9-18-11/h2-3,8H,4-7,9H2,1H3,(H,16,17). The summed E-state index contributed by atoms with van der Waals surface area (Å²) in [5, 5.41) is 9.69. The molecule has 2 aliphatic heterocycles. The zero-order valence-electron chi connectivity index (χ0n) is 10.9. The van der Waals surface area contributed by atoms with Gasteiger partial charge in [-0.3, -0.25) is 4.79 Å². The monoisotopic (exact) mass is 263 g/mol. The maximum absolute atomic E-state index is 11.8. The van der Waals surface area contributed by atoms with Crippen molar-refractivity contribution in [2.45, 2.75) is 18.3 Å². The van der Waals surface area contributed by atoms with E-state index in [2.05, 4.69) is 4.90 Å². The van der Waals surface area contributed by atoms with E-state index in [9.17, 15) is 9.90 Å². The van der Waals surface area contributed by atoms with Gasteiger partial charge in [-0.1, -0.05) is 6.07 Å². The third kappa shape index (κ3) is 1.94. The predicted molar refractivity (Wildman–Crippen MR) is 68.6 cm³/mol. The lowest BCUT2D eigenvalue weighted by molar-refractivity contribution is -0.145. The molecule has 1 aromatic carbocycles. The number of carboxylic acids is 1. The summed E-state index contributed by atoms with van der Waals surface area (Å²) in [6.45, 7) is 1.79. The van der Waals surface area contributed by atoms with E-state index in [0.29, 0.717) is 24.3 Å². The first kappa shape index (κ1) is 12.3. The Bertz CT molecular complexity index is 506. The van der Waals surface area contributed by atoms with Gasteiger partial charge in [-0.2, -0.15) is 0 Å². The van der Waals surface area contributed by atoms with Crippen LogP contribution in [-0.4, -0.2) is 42.9 Å². The molecule has 1 N–H and O–H groups in total. The first-order valence-corrected chi connectivity index (χ1v) is 6.44. The molecule has 0 spiro atoms. The topological polar surface area (TPSA) is 59.0 Å². The summed E-state index contributed by atoms with van der Waals surface area (Å²) in [5.41, 5.74) is 0.0189. The zero-order valence-corrected chi connectivity index (χ0v) is 10.9. The number of piperidine rings is 1. The lowest BCUT2D eigenvalue weighted by atomic mass is 9.73. The highest BCUT2D eigenvalue weighted by Crippen LogP contribution is 2.41. The van der Waals surface area contributed by atoms with Crippen molar-refractivity contribution in [1.29, 1.82) is 0 Å². The molecular formula is C14H17NO4. The van der Waals surface area contributed by atoms with Crippen LogP contribution in [0.3, 0.4) is 0 Å². The Hall–Kier alpha value is -1.75. The molecule has 1 aromatic rings. The van der Waals surface area contributed by atoms with E-state index in [-0.39, 0.29) is 6.79 Å². The minimum atomic E-state index is -0.798. The molecule has 1 saturated heterocycles. The molecule has 0 amide bonds. The number of carbonyl (C=O) groups is 1. The zero-order chi connectivity index (χ0) is 13.5. The molecule has 0 atom stereocenters. The smallest absolute Gasteiger partial charge is 0.314 e. The molecule has 0 aromatic heterocycles. The fraction of sp³-hybridized carbons (Fsp3) is 0.500. The molecule has 5 heteroatoms. The molecule has 2 aliphatic rings. The average Bonchev–Trinajstić information content (AvgIpc) is 2.86. The Morgan fingerprint density at radius 3 is 2.63 bits per heavy atom. The van der Waals surface area contributed by atoms with Gasteiger partial charge in [-0.15, -0.1) is 0 Å². The number of likely N-dealkylation sites (tertiary alicyclic amines) is 1. The fourth-order valence-corrected chi connectivity index (χ4v) is 2.82. The highest BCUT2D eigenvalue weighted by atomic mass is 16.7. The summed E-state index contributed by atoms with van der Waals surface area (Å²) in [6, 6.07) is 5.48. The SMILES string of the molecule is CN1CCC(C(=O)O)(c2ccc3c(c2)OCO3)CC1. The molecule has 0 saturated carbocycles. The second kappa shape index (κ2) is 4.42. The van der Waals surface area contributed by atoms with Gasteiger partial charge in [0.1, 0.15) is 0 Å². The van der Waals surface area contributed by atoms with Crippen molar-refractivity contribution in [3.05, 3.63) is 23.8 Å². The average molecular weight is 263 g/mol. The highest BCUT2D eigenvalue weighted by Gasteiger charge is 2.43. The van der Waals surface area contributed by atoms with E-state index in [4.69, 9.17) is 9.47 Å². The summed E-state index contributed by atoms with van der Waals surface area (Å²) >= 11 is 0. The third-order valence-corrected chi connectivity index (χ3v) is 4.18. The van der Waals surface area contributed by atoms with Crippen LogP contribution in [0.4, 0.5) is 0 Å². The van der Waals surface area contributed by atoms with E-state index < -0.39 is 11.4 Å². The second-order valence-corrected chi connectivity index (χ2v) is 5.26. The van der Waals surface area contributed by atoms with E-state index in [1.807, 2.05) is 19.2 Å². The molecule has 3 rings (SSSR count). The molecule has 102 valence electrons. The van der Waals surface area contributed by atoms with Crippen LogP contribution in [0.5, 0.6) is 11.5 Å². The Balaban J connectivity index is 1.99. The third-order valence-electron chi connectivity index (χ3n) is 4.18. The first-order chi connectivity index (χ1) is 9.12. The van der Waals surface area contributed by atoms with Crippen LogP contribution in [0.25, 0.3) is 0 Å². The normalized spacial score (nSPS) is 21.3. The number of aliphatic carboxylic acids is 1. The van der Waals surface area contributed by atoms with Crippen molar-refractivity contribution < 1.29 is 19.4 Å². The van der Waals surface area contributed by atoms with Crippen molar-refractivity contribution in [2.24, 2.45) is 0 Å². The van der Waals surface area contributed by atoms with E-state index in [0.717, 1.165) is 18.7 Å². The number of carboxylic acid groups (broad SMARTS) is 1. The largest absolute Gasteiger partial charge is 0.481 e. The molecule has 2 heterocycles. The van der Waals surface area contributed by atoms with Crippen LogP contribution in [0.1, 0.15) is 18.4 Å². The number of hydrogen-bond donors (Lipinski definition) is 1. The Morgan fingerprint density at radius 1 is 1.26 bits per heavy atom. The quantitative estimate of drug-likeness (QED) is 0.875. The van der Waals surface area contributed by atoms with Crippen LogP contribution >= 0.6 is 0 Å². The molecule has 19 heavy (non-hydrogen) atoms. The van der Waals surface area contributed by atoms with E-state index in [1.165, 1.54) is 0 Å². The van der Waals surface area contributed by atoms with Gasteiger partial charge in [0, 0.05) is 0 Å². The molecular weight excluding hydrogens is 246 g/mol. The van der Waals surface area contributed by atoms with Crippen LogP contribution in [0.15, 0.2) is 18.2 Å². The number of rotatable bonds is 2. The van der Waals surface area contributed by atoms with Crippen LogP contribution in [-0.2, 0) is 10.2 Å². The van der Waals surface area contributed by atoms with E-state index >= 15 is 0 Å². The minimum Gasteiger partial charge on any atom is -0.481 e. The van der Waals surface area contributed by atoms with Crippen molar-refractivity contribution >= 4 is 5.97 Å². The van der Waals surface area contributed by atoms with Crippen molar-refractivity contribution in [2.75, 3.05) is 26.9 Å². The van der Waals surface area contributed by atoms with Crippen molar-refractivity contribution in [1.82, 2.24) is 4.90 Å². The summed E-state index contributed by atoms with van der Waals surface area (Å²) < 4.78 is 10.6. The van der Waals surface area contributed by atoms with Gasteiger partial charge in [-0.05, 0) is 50.7 Å². The van der Waals surface area contributed by atoms with E-state index in [1.54, 1.807) is 6.07 Å². The predicted octanol–water partition coefficient (Wildman–Crippen LogP) is 1.46. The first-order valence-electron chi connectivity index (χ1n) is 6.44. The molecule has 0 bridgehead atoms. The Kier molecular flexibility index (Phi) is 2.86. The number of ether oxygens (including phenoxy) is 2. The molecule has 0 aliphatic carbocycles.